The van der Waals surface area contributed by atoms with Gasteiger partial charge >= 0.3 is 0 Å². The predicted octanol–water partition coefficient (Wildman–Crippen LogP) is 4.05. The Morgan fingerprint density at radius 1 is 1.33 bits per heavy atom. The Bertz CT molecular complexity index is 543. The molecule has 0 aliphatic rings. The van der Waals surface area contributed by atoms with Crippen LogP contribution < -0.4 is 5.73 Å². The van der Waals surface area contributed by atoms with Crippen molar-refractivity contribution in [3.8, 4) is 0 Å². The maximum Gasteiger partial charge on any atom is 0.129 e. The van der Waals surface area contributed by atoms with Gasteiger partial charge in [0.2, 0.25) is 0 Å². The molecule has 0 saturated carbocycles. The number of rotatable bonds is 3. The monoisotopic (exact) mass is 282 g/mol. The van der Waals surface area contributed by atoms with Crippen LogP contribution in [0.1, 0.15) is 18.5 Å². The Morgan fingerprint density at radius 3 is 2.72 bits per heavy atom. The van der Waals surface area contributed by atoms with Gasteiger partial charge in [0.05, 0.1) is 5.02 Å². The van der Waals surface area contributed by atoms with Crippen LogP contribution in [0.4, 0.5) is 4.39 Å². The van der Waals surface area contributed by atoms with Crippen LogP contribution in [0.5, 0.6) is 0 Å². The lowest BCUT2D eigenvalue weighted by molar-refractivity contribution is 0.585. The first-order chi connectivity index (χ1) is 8.58. The van der Waals surface area contributed by atoms with Crippen LogP contribution in [0.2, 0.25) is 5.02 Å². The molecule has 1 atom stereocenters. The van der Waals surface area contributed by atoms with Crippen molar-refractivity contribution >= 4 is 23.4 Å². The lowest BCUT2D eigenvalue weighted by Crippen LogP contribution is -2.08. The van der Waals surface area contributed by atoms with Gasteiger partial charge < -0.3 is 5.73 Å². The Kier molecular flexibility index (Phi) is 4.22. The van der Waals surface area contributed by atoms with E-state index in [-0.39, 0.29) is 11.9 Å². The molecular weight excluding hydrogens is 271 g/mol. The van der Waals surface area contributed by atoms with E-state index in [4.69, 9.17) is 17.3 Å². The molecule has 1 heterocycles. The fourth-order valence-corrected chi connectivity index (χ4v) is 2.70. The van der Waals surface area contributed by atoms with Crippen LogP contribution in [0, 0.1) is 5.82 Å². The Balaban J connectivity index is 2.34. The van der Waals surface area contributed by atoms with E-state index < -0.39 is 0 Å². The third-order valence-electron chi connectivity index (χ3n) is 2.38. The zero-order chi connectivity index (χ0) is 13.1. The molecule has 2 N–H and O–H groups in total. The van der Waals surface area contributed by atoms with Crippen molar-refractivity contribution in [2.24, 2.45) is 5.73 Å². The second-order valence-corrected chi connectivity index (χ2v) is 5.36. The Morgan fingerprint density at radius 2 is 2.11 bits per heavy atom. The highest BCUT2D eigenvalue weighted by Crippen LogP contribution is 2.33. The van der Waals surface area contributed by atoms with Crippen LogP contribution in [0.3, 0.4) is 0 Å². The second kappa shape index (κ2) is 5.69. The topological polar surface area (TPSA) is 38.9 Å². The van der Waals surface area contributed by atoms with Crippen LogP contribution in [0.25, 0.3) is 0 Å². The molecule has 0 spiro atoms. The summed E-state index contributed by atoms with van der Waals surface area (Å²) in [5, 5.41) is 1.33. The molecule has 0 unspecified atom stereocenters. The van der Waals surface area contributed by atoms with Crippen LogP contribution >= 0.6 is 23.4 Å². The van der Waals surface area contributed by atoms with Gasteiger partial charge in [-0.3, -0.25) is 0 Å². The van der Waals surface area contributed by atoms with Gasteiger partial charge in [-0.2, -0.15) is 0 Å². The van der Waals surface area contributed by atoms with Gasteiger partial charge in [0.1, 0.15) is 10.8 Å². The third kappa shape index (κ3) is 3.02. The summed E-state index contributed by atoms with van der Waals surface area (Å²) in [7, 11) is 0. The molecular formula is C13H12ClFN2S. The molecule has 1 aromatic heterocycles. The largest absolute Gasteiger partial charge is 0.324 e. The number of nitrogens with two attached hydrogens (primary N) is 1. The van der Waals surface area contributed by atoms with Crippen LogP contribution in [-0.4, -0.2) is 4.98 Å². The minimum Gasteiger partial charge on any atom is -0.324 e. The number of halogens is 2. The van der Waals surface area contributed by atoms with Crippen molar-refractivity contribution < 1.29 is 4.39 Å². The molecule has 0 aliphatic heterocycles. The SMILES string of the molecule is C[C@H](N)c1c(F)cccc1Sc1ccc(Cl)cn1. The van der Waals surface area contributed by atoms with E-state index in [1.54, 1.807) is 31.3 Å². The van der Waals surface area contributed by atoms with E-state index in [1.807, 2.05) is 6.07 Å². The van der Waals surface area contributed by atoms with Gasteiger partial charge in [-0.25, -0.2) is 9.37 Å². The van der Waals surface area contributed by atoms with Crippen LogP contribution in [-0.2, 0) is 0 Å². The zero-order valence-corrected chi connectivity index (χ0v) is 11.3. The molecule has 5 heteroatoms. The Labute approximate surface area is 114 Å². The molecule has 18 heavy (non-hydrogen) atoms. The van der Waals surface area contributed by atoms with E-state index in [2.05, 4.69) is 4.98 Å². The summed E-state index contributed by atoms with van der Waals surface area (Å²) in [4.78, 5) is 4.95. The van der Waals surface area contributed by atoms with E-state index in [1.165, 1.54) is 17.8 Å². The Hall–Kier alpha value is -1.10. The molecule has 0 radical (unpaired) electrons. The first kappa shape index (κ1) is 13.3. The summed E-state index contributed by atoms with van der Waals surface area (Å²) in [6.45, 7) is 1.76. The minimum absolute atomic E-state index is 0.288. The third-order valence-corrected chi connectivity index (χ3v) is 3.63. The van der Waals surface area contributed by atoms with Crippen molar-refractivity contribution in [3.05, 3.63) is 52.9 Å². The molecule has 0 saturated heterocycles. The average molecular weight is 283 g/mol. The van der Waals surface area contributed by atoms with E-state index in [9.17, 15) is 4.39 Å². The van der Waals surface area contributed by atoms with Crippen molar-refractivity contribution in [3.63, 3.8) is 0 Å². The molecule has 2 rings (SSSR count). The number of hydrogen-bond acceptors (Lipinski definition) is 3. The summed E-state index contributed by atoms with van der Waals surface area (Å²) >= 11 is 7.15. The van der Waals surface area contributed by atoms with E-state index in [0.29, 0.717) is 10.6 Å². The molecule has 0 amide bonds. The van der Waals surface area contributed by atoms with Crippen molar-refractivity contribution in [2.75, 3.05) is 0 Å². The van der Waals surface area contributed by atoms with Gasteiger partial charge in [-0.15, -0.1) is 0 Å². The second-order valence-electron chi connectivity index (χ2n) is 3.86. The number of hydrogen-bond donors (Lipinski definition) is 1. The van der Waals surface area contributed by atoms with Gasteiger partial charge in [0.15, 0.2) is 0 Å². The molecule has 94 valence electrons. The highest BCUT2D eigenvalue weighted by Gasteiger charge is 2.13. The highest BCUT2D eigenvalue weighted by molar-refractivity contribution is 7.99. The predicted molar refractivity (Wildman–Crippen MR) is 72.4 cm³/mol. The minimum atomic E-state index is -0.360. The molecule has 2 nitrogen and oxygen atoms in total. The van der Waals surface area contributed by atoms with E-state index >= 15 is 0 Å². The first-order valence-electron chi connectivity index (χ1n) is 5.41. The zero-order valence-electron chi connectivity index (χ0n) is 9.73. The van der Waals surface area contributed by atoms with Gasteiger partial charge in [-0.1, -0.05) is 29.4 Å². The number of benzene rings is 1. The number of nitrogens with zero attached hydrogens (tertiary/aromatic N) is 1. The first-order valence-corrected chi connectivity index (χ1v) is 6.61. The molecule has 0 bridgehead atoms. The van der Waals surface area contributed by atoms with E-state index in [0.717, 1.165) is 9.92 Å². The quantitative estimate of drug-likeness (QED) is 0.923. The van der Waals surface area contributed by atoms with Crippen molar-refractivity contribution in [1.82, 2.24) is 4.98 Å². The summed E-state index contributed by atoms with van der Waals surface area (Å²) in [6, 6.07) is 8.10. The van der Waals surface area contributed by atoms with Crippen molar-refractivity contribution in [2.45, 2.75) is 22.9 Å². The fourth-order valence-electron chi connectivity index (χ4n) is 1.58. The van der Waals surface area contributed by atoms with Gasteiger partial charge in [0, 0.05) is 22.7 Å². The number of pyridine rings is 1. The van der Waals surface area contributed by atoms with Crippen LogP contribution in [0.15, 0.2) is 46.5 Å². The molecule has 0 aliphatic carbocycles. The highest BCUT2D eigenvalue weighted by atomic mass is 35.5. The maximum atomic E-state index is 13.7. The maximum absolute atomic E-state index is 13.7. The smallest absolute Gasteiger partial charge is 0.129 e. The normalized spacial score (nSPS) is 12.4. The summed E-state index contributed by atoms with van der Waals surface area (Å²) in [6.07, 6.45) is 1.56. The standard InChI is InChI=1S/C13H12ClFN2S/c1-8(16)13-10(15)3-2-4-11(13)18-12-6-5-9(14)7-17-12/h2-8H,16H2,1H3/t8-/m0/s1. The lowest BCUT2D eigenvalue weighted by atomic mass is 10.1. The summed E-state index contributed by atoms with van der Waals surface area (Å²) in [5.41, 5.74) is 6.31. The molecule has 2 aromatic rings. The van der Waals surface area contributed by atoms with Gasteiger partial charge in [-0.05, 0) is 31.2 Å². The van der Waals surface area contributed by atoms with Gasteiger partial charge in [0.25, 0.3) is 0 Å². The lowest BCUT2D eigenvalue weighted by Gasteiger charge is -2.12. The average Bonchev–Trinajstić information content (AvgIpc) is 2.32. The summed E-state index contributed by atoms with van der Waals surface area (Å²) in [5.74, 6) is -0.288. The fraction of sp³-hybridized carbons (Fsp3) is 0.154. The van der Waals surface area contributed by atoms with Crippen molar-refractivity contribution in [1.29, 1.82) is 0 Å². The molecule has 0 fully saturated rings. The number of aromatic nitrogens is 1. The summed E-state index contributed by atoms with van der Waals surface area (Å²) < 4.78 is 13.7. The molecule has 1 aromatic carbocycles.